The minimum atomic E-state index is -0.597. The Bertz CT molecular complexity index is 1520. The third kappa shape index (κ3) is 9.03. The summed E-state index contributed by atoms with van der Waals surface area (Å²) in [6.45, 7) is 0. The molecule has 0 aliphatic heterocycles. The zero-order valence-corrected chi connectivity index (χ0v) is 27.0. The zero-order chi connectivity index (χ0) is 34.2. The summed E-state index contributed by atoms with van der Waals surface area (Å²) in [5, 5.41) is 11.1. The molecule has 4 amide bonds. The van der Waals surface area contributed by atoms with Gasteiger partial charge in [-0.25, -0.2) is 19.2 Å². The van der Waals surface area contributed by atoms with Crippen molar-refractivity contribution in [3.05, 3.63) is 117 Å². The molecule has 0 fully saturated rings. The first kappa shape index (κ1) is 33.3. The van der Waals surface area contributed by atoms with Gasteiger partial charge < -0.3 is 18.9 Å². The van der Waals surface area contributed by atoms with Crippen molar-refractivity contribution in [3.63, 3.8) is 0 Å². The molecule has 1 aliphatic rings. The molecule has 4 aromatic carbocycles. The molecule has 0 saturated carbocycles. The maximum atomic E-state index is 12.2. The van der Waals surface area contributed by atoms with Gasteiger partial charge in [-0.1, -0.05) is 24.3 Å². The van der Waals surface area contributed by atoms with Gasteiger partial charge in [-0.05, 0) is 119 Å². The van der Waals surface area contributed by atoms with Crippen molar-refractivity contribution in [1.29, 1.82) is 0 Å². The van der Waals surface area contributed by atoms with Gasteiger partial charge in [0.15, 0.2) is 0 Å². The topological polar surface area (TPSA) is 153 Å². The van der Waals surface area contributed by atoms with Gasteiger partial charge in [0.1, 0.15) is 0 Å². The molecule has 0 saturated heterocycles. The van der Waals surface area contributed by atoms with E-state index < -0.39 is 24.4 Å². The second-order valence-corrected chi connectivity index (χ2v) is 11.3. The molecular formula is C36H36N4O8. The Labute approximate surface area is 277 Å². The first-order chi connectivity index (χ1) is 23.1. The lowest BCUT2D eigenvalue weighted by Crippen LogP contribution is -2.13. The normalized spacial score (nSPS) is 11.8. The number of benzene rings is 4. The molecule has 12 heteroatoms. The summed E-state index contributed by atoms with van der Waals surface area (Å²) in [5.41, 5.74) is 9.48. The van der Waals surface area contributed by atoms with Crippen molar-refractivity contribution >= 4 is 47.1 Å². The van der Waals surface area contributed by atoms with Crippen LogP contribution in [0.15, 0.2) is 72.8 Å². The molecule has 0 heterocycles. The van der Waals surface area contributed by atoms with Gasteiger partial charge in [-0.2, -0.15) is 0 Å². The standard InChI is InChI=1S/C36H36N4O8/c1-45-33(41)37-29-13-21-5-22(14-29)10-24-7-26(18-31(16-24)39-35(43)47-3)12-28-8-27(19-32(20-28)40-36(44)48-4)11-25-6-23(9-21)15-30(17-25)38-34(42)46-2/h5-8,13-20H,9-12H2,1-4H3,(H,37,41)(H,38,42)(H,39,43)(H,40,44). The van der Waals surface area contributed by atoms with E-state index in [0.717, 1.165) is 44.5 Å². The summed E-state index contributed by atoms with van der Waals surface area (Å²) in [5.74, 6) is 0. The van der Waals surface area contributed by atoms with Crippen LogP contribution in [0.4, 0.5) is 41.9 Å². The molecule has 4 N–H and O–H groups in total. The summed E-state index contributed by atoms with van der Waals surface area (Å²) in [6.07, 6.45) is -0.507. The minimum absolute atomic E-state index is 0.470. The van der Waals surface area contributed by atoms with Crippen LogP contribution in [0.1, 0.15) is 44.5 Å². The molecule has 0 spiro atoms. The van der Waals surface area contributed by atoms with Crippen molar-refractivity contribution in [3.8, 4) is 0 Å². The summed E-state index contributed by atoms with van der Waals surface area (Å²) in [6, 6.07) is 23.2. The van der Waals surface area contributed by atoms with E-state index in [4.69, 9.17) is 18.9 Å². The monoisotopic (exact) mass is 652 g/mol. The smallest absolute Gasteiger partial charge is 0.411 e. The number of rotatable bonds is 4. The highest BCUT2D eigenvalue weighted by Gasteiger charge is 2.14. The average molecular weight is 653 g/mol. The van der Waals surface area contributed by atoms with Crippen molar-refractivity contribution < 1.29 is 38.1 Å². The minimum Gasteiger partial charge on any atom is -0.453 e. The molecule has 48 heavy (non-hydrogen) atoms. The van der Waals surface area contributed by atoms with Gasteiger partial charge in [0.05, 0.1) is 28.4 Å². The Morgan fingerprint density at radius 2 is 0.521 bits per heavy atom. The number of nitrogens with one attached hydrogen (secondary N) is 4. The first-order valence-corrected chi connectivity index (χ1v) is 15.0. The van der Waals surface area contributed by atoms with Crippen molar-refractivity contribution in [2.75, 3.05) is 49.7 Å². The third-order valence-corrected chi connectivity index (χ3v) is 7.57. The maximum absolute atomic E-state index is 12.2. The van der Waals surface area contributed by atoms with Crippen molar-refractivity contribution in [2.24, 2.45) is 0 Å². The first-order valence-electron chi connectivity index (χ1n) is 15.0. The molecule has 8 bridgehead atoms. The van der Waals surface area contributed by atoms with Gasteiger partial charge >= 0.3 is 24.4 Å². The van der Waals surface area contributed by atoms with Gasteiger partial charge in [-0.3, -0.25) is 21.3 Å². The lowest BCUT2D eigenvalue weighted by Gasteiger charge is -2.16. The highest BCUT2D eigenvalue weighted by molar-refractivity contribution is 5.87. The Balaban J connectivity index is 1.68. The molecule has 5 rings (SSSR count). The maximum Gasteiger partial charge on any atom is 0.411 e. The van der Waals surface area contributed by atoms with E-state index in [0.29, 0.717) is 48.4 Å². The average Bonchev–Trinajstić information content (AvgIpc) is 3.03. The van der Waals surface area contributed by atoms with Crippen LogP contribution in [-0.4, -0.2) is 52.8 Å². The van der Waals surface area contributed by atoms with Crippen LogP contribution in [0.3, 0.4) is 0 Å². The predicted molar refractivity (Wildman–Crippen MR) is 181 cm³/mol. The lowest BCUT2D eigenvalue weighted by atomic mass is 9.92. The largest absolute Gasteiger partial charge is 0.453 e. The number of anilines is 4. The van der Waals surface area contributed by atoms with Crippen molar-refractivity contribution in [2.45, 2.75) is 25.7 Å². The van der Waals surface area contributed by atoms with Gasteiger partial charge in [0, 0.05) is 22.7 Å². The summed E-state index contributed by atoms with van der Waals surface area (Å²) in [7, 11) is 5.21. The summed E-state index contributed by atoms with van der Waals surface area (Å²) in [4.78, 5) is 48.8. The van der Waals surface area contributed by atoms with E-state index in [1.54, 1.807) is 0 Å². The van der Waals surface area contributed by atoms with Gasteiger partial charge in [0.2, 0.25) is 0 Å². The predicted octanol–water partition coefficient (Wildman–Crippen LogP) is 7.08. The van der Waals surface area contributed by atoms with Crippen LogP contribution in [0, 0.1) is 0 Å². The molecule has 4 aromatic rings. The fraction of sp³-hybridized carbons (Fsp3) is 0.222. The van der Waals surface area contributed by atoms with Crippen molar-refractivity contribution in [1.82, 2.24) is 0 Å². The molecule has 248 valence electrons. The molecule has 12 nitrogen and oxygen atoms in total. The highest BCUT2D eigenvalue weighted by atomic mass is 16.5. The number of carbonyl (C=O) groups excluding carboxylic acids is 4. The lowest BCUT2D eigenvalue weighted by molar-refractivity contribution is 0.186. The Morgan fingerprint density at radius 3 is 0.667 bits per heavy atom. The number of carbonyl (C=O) groups is 4. The number of hydrogen-bond donors (Lipinski definition) is 4. The molecule has 0 unspecified atom stereocenters. The Kier molecular flexibility index (Phi) is 10.4. The zero-order valence-electron chi connectivity index (χ0n) is 27.0. The van der Waals surface area contributed by atoms with Crippen LogP contribution >= 0.6 is 0 Å². The van der Waals surface area contributed by atoms with Crippen LogP contribution < -0.4 is 21.3 Å². The summed E-state index contributed by atoms with van der Waals surface area (Å²) < 4.78 is 19.4. The second-order valence-electron chi connectivity index (χ2n) is 11.3. The van der Waals surface area contributed by atoms with Gasteiger partial charge in [-0.15, -0.1) is 0 Å². The Morgan fingerprint density at radius 1 is 0.354 bits per heavy atom. The fourth-order valence-corrected chi connectivity index (χ4v) is 5.77. The number of amides is 4. The van der Waals surface area contributed by atoms with E-state index in [1.807, 2.05) is 48.5 Å². The SMILES string of the molecule is COC(=O)Nc1cc2cc(c1)Cc1cc(cc(NC(=O)OC)c1)Cc1cc(cc(NC(=O)OC)c1)Cc1cc(cc(NC(=O)OC)c1)C2. The molecule has 0 atom stereocenters. The molecular weight excluding hydrogens is 616 g/mol. The number of ether oxygens (including phenoxy) is 4. The van der Waals surface area contributed by atoms with E-state index in [2.05, 4.69) is 45.5 Å². The van der Waals surface area contributed by atoms with Crippen LogP contribution in [0.5, 0.6) is 0 Å². The van der Waals surface area contributed by atoms with E-state index in [9.17, 15) is 19.2 Å². The molecule has 0 radical (unpaired) electrons. The molecule has 1 aliphatic carbocycles. The fourth-order valence-electron chi connectivity index (χ4n) is 5.77. The Hall–Kier alpha value is -6.04. The number of fused-ring (bicyclic) bond motifs is 8. The number of hydrogen-bond acceptors (Lipinski definition) is 8. The van der Waals surface area contributed by atoms with Crippen LogP contribution in [-0.2, 0) is 44.6 Å². The third-order valence-electron chi connectivity index (χ3n) is 7.57. The van der Waals surface area contributed by atoms with Crippen LogP contribution in [0.2, 0.25) is 0 Å². The van der Waals surface area contributed by atoms with E-state index in [-0.39, 0.29) is 0 Å². The van der Waals surface area contributed by atoms with E-state index >= 15 is 0 Å². The highest BCUT2D eigenvalue weighted by Crippen LogP contribution is 2.28. The summed E-state index contributed by atoms with van der Waals surface area (Å²) >= 11 is 0. The van der Waals surface area contributed by atoms with Crippen LogP contribution in [0.25, 0.3) is 0 Å². The number of methoxy groups -OCH3 is 4. The van der Waals surface area contributed by atoms with E-state index in [1.165, 1.54) is 28.4 Å². The second kappa shape index (κ2) is 15.0. The quantitative estimate of drug-likeness (QED) is 0.150. The van der Waals surface area contributed by atoms with Gasteiger partial charge in [0.25, 0.3) is 0 Å². The molecule has 0 aromatic heterocycles.